The number of hydrogen-bond donors (Lipinski definition) is 1. The van der Waals surface area contributed by atoms with Crippen LogP contribution in [-0.2, 0) is 24.5 Å². The monoisotopic (exact) mass is 456 g/mol. The van der Waals surface area contributed by atoms with E-state index in [2.05, 4.69) is 23.1 Å². The van der Waals surface area contributed by atoms with Crippen LogP contribution < -0.4 is 9.64 Å². The summed E-state index contributed by atoms with van der Waals surface area (Å²) in [6.45, 7) is 4.94. The van der Waals surface area contributed by atoms with E-state index in [0.29, 0.717) is 12.2 Å². The van der Waals surface area contributed by atoms with E-state index in [1.807, 2.05) is 31.0 Å². The average molecular weight is 457 g/mol. The predicted octanol–water partition coefficient (Wildman–Crippen LogP) is 1.64. The molecule has 0 radical (unpaired) electrons. The first-order chi connectivity index (χ1) is 15.7. The summed E-state index contributed by atoms with van der Waals surface area (Å²) in [7, 11) is 4.77. The van der Waals surface area contributed by atoms with Gasteiger partial charge in [-0.3, -0.25) is 9.69 Å². The number of aliphatic hydroxyl groups is 1. The zero-order valence-corrected chi connectivity index (χ0v) is 19.8. The van der Waals surface area contributed by atoms with Gasteiger partial charge in [-0.1, -0.05) is 25.1 Å². The van der Waals surface area contributed by atoms with Crippen LogP contribution in [-0.4, -0.2) is 80.1 Å². The highest BCUT2D eigenvalue weighted by atomic mass is 16.6. The van der Waals surface area contributed by atoms with Crippen LogP contribution in [0, 0.1) is 5.41 Å². The summed E-state index contributed by atoms with van der Waals surface area (Å²) in [5.74, 6) is -0.617. The van der Waals surface area contributed by atoms with Crippen LogP contribution in [0.15, 0.2) is 30.4 Å². The lowest BCUT2D eigenvalue weighted by molar-refractivity contribution is -0.228. The molecule has 3 aliphatic heterocycles. The minimum Gasteiger partial charge on any atom is -0.497 e. The zero-order valence-electron chi connectivity index (χ0n) is 19.8. The topological polar surface area (TPSA) is 88.5 Å². The molecule has 1 saturated carbocycles. The van der Waals surface area contributed by atoms with Crippen molar-refractivity contribution in [2.45, 2.75) is 55.9 Å². The first-order valence-electron chi connectivity index (χ1n) is 11.5. The molecule has 4 aliphatic rings. The van der Waals surface area contributed by atoms with Crippen LogP contribution >= 0.6 is 0 Å². The van der Waals surface area contributed by atoms with E-state index in [1.165, 1.54) is 14.0 Å². The van der Waals surface area contributed by atoms with Gasteiger partial charge in [-0.15, -0.1) is 0 Å². The van der Waals surface area contributed by atoms with Gasteiger partial charge in [0.25, 0.3) is 0 Å². The van der Waals surface area contributed by atoms with Gasteiger partial charge in [0.05, 0.1) is 20.3 Å². The minimum atomic E-state index is -2.08. The number of likely N-dealkylation sites (N-methyl/N-ethyl adjacent to an activating group) is 1. The molecular formula is C25H32N2O6. The first-order valence-corrected chi connectivity index (χ1v) is 11.5. The number of ether oxygens (including phenoxy) is 3. The van der Waals surface area contributed by atoms with E-state index in [1.54, 1.807) is 7.11 Å². The number of fused-ring (bicyclic) bond motifs is 1. The number of hydrogen-bond acceptors (Lipinski definition) is 8. The van der Waals surface area contributed by atoms with Gasteiger partial charge in [-0.2, -0.15) is 0 Å². The summed E-state index contributed by atoms with van der Waals surface area (Å²) >= 11 is 0. The minimum absolute atomic E-state index is 0.0589. The van der Waals surface area contributed by atoms with E-state index >= 15 is 0 Å². The van der Waals surface area contributed by atoms with E-state index < -0.39 is 40.5 Å². The Labute approximate surface area is 194 Å². The van der Waals surface area contributed by atoms with Crippen molar-refractivity contribution >= 4 is 17.6 Å². The Morgan fingerprint density at radius 1 is 1.24 bits per heavy atom. The highest BCUT2D eigenvalue weighted by molar-refractivity contribution is 5.87. The van der Waals surface area contributed by atoms with E-state index in [4.69, 9.17) is 14.2 Å². The van der Waals surface area contributed by atoms with Crippen LogP contribution in [0.2, 0.25) is 0 Å². The Bertz CT molecular complexity index is 1040. The van der Waals surface area contributed by atoms with Gasteiger partial charge in [0, 0.05) is 49.1 Å². The standard InChI is InChI=1S/C25H32N2O6/c1-6-23-10-7-12-27-13-11-24(19(23)27)17-9-8-16(31-4)14-18(17)26(3)20(24)25(30,22(29)32-5)21(23)33-15(2)28/h7-10,14,19-21,30H,6,11-13H2,1-5H3/t19-,20-,21+,23+,24+,25-/m0/s1. The number of methoxy groups -OCH3 is 2. The molecule has 8 heteroatoms. The van der Waals surface area contributed by atoms with Gasteiger partial charge in [0.15, 0.2) is 6.10 Å². The van der Waals surface area contributed by atoms with Gasteiger partial charge >= 0.3 is 11.9 Å². The fourth-order valence-corrected chi connectivity index (χ4v) is 7.68. The Morgan fingerprint density at radius 2 is 2.00 bits per heavy atom. The summed E-state index contributed by atoms with van der Waals surface area (Å²) in [6, 6.07) is 5.22. The summed E-state index contributed by atoms with van der Waals surface area (Å²) in [5, 5.41) is 12.5. The maximum atomic E-state index is 13.5. The quantitative estimate of drug-likeness (QED) is 0.541. The molecule has 178 valence electrons. The van der Waals surface area contributed by atoms with E-state index in [-0.39, 0.29) is 6.04 Å². The van der Waals surface area contributed by atoms with Crippen LogP contribution in [0.1, 0.15) is 32.3 Å². The Kier molecular flexibility index (Phi) is 4.85. The maximum Gasteiger partial charge on any atom is 0.344 e. The van der Waals surface area contributed by atoms with Crippen LogP contribution in [0.3, 0.4) is 0 Å². The normalized spacial score (nSPS) is 38.4. The number of nitrogens with zero attached hydrogens (tertiary/aromatic N) is 2. The molecule has 8 nitrogen and oxygen atoms in total. The molecule has 0 amide bonds. The molecular weight excluding hydrogens is 424 g/mol. The third kappa shape index (κ3) is 2.48. The van der Waals surface area contributed by atoms with Gasteiger partial charge in [0.1, 0.15) is 5.75 Å². The summed E-state index contributed by atoms with van der Waals surface area (Å²) in [5.41, 5.74) is -1.41. The van der Waals surface area contributed by atoms with Gasteiger partial charge in [-0.25, -0.2) is 4.79 Å². The van der Waals surface area contributed by atoms with Crippen LogP contribution in [0.5, 0.6) is 5.75 Å². The second-order valence-corrected chi connectivity index (χ2v) is 9.76. The highest BCUT2D eigenvalue weighted by Crippen LogP contribution is 2.67. The SMILES string of the molecule is CC[C@]12C=CCN3CC[C@@]4(c5ccc(OC)cc5N(C)[C@@H]4[C@@](O)(C(=O)OC)[C@@H]1OC(C)=O)[C@@H]32. The van der Waals surface area contributed by atoms with Crippen molar-refractivity contribution in [3.63, 3.8) is 0 Å². The van der Waals surface area contributed by atoms with Crippen LogP contribution in [0.4, 0.5) is 5.69 Å². The molecule has 33 heavy (non-hydrogen) atoms. The van der Waals surface area contributed by atoms with Crippen molar-refractivity contribution in [2.75, 3.05) is 39.3 Å². The van der Waals surface area contributed by atoms with E-state index in [9.17, 15) is 14.7 Å². The lowest BCUT2D eigenvalue weighted by Crippen LogP contribution is -2.81. The van der Waals surface area contributed by atoms with Crippen molar-refractivity contribution < 1.29 is 28.9 Å². The largest absolute Gasteiger partial charge is 0.497 e. The Balaban J connectivity index is 1.86. The lowest BCUT2D eigenvalue weighted by atomic mass is 9.47. The van der Waals surface area contributed by atoms with Gasteiger partial charge in [0.2, 0.25) is 5.60 Å². The van der Waals surface area contributed by atoms with Gasteiger partial charge in [-0.05, 0) is 31.0 Å². The number of anilines is 1. The number of carbonyl (C=O) groups is 2. The molecule has 1 aromatic rings. The molecule has 0 unspecified atom stereocenters. The molecule has 0 bridgehead atoms. The molecule has 1 aromatic carbocycles. The Hall–Kier alpha value is -2.58. The van der Waals surface area contributed by atoms with Crippen LogP contribution in [0.25, 0.3) is 0 Å². The molecule has 6 atom stereocenters. The summed E-state index contributed by atoms with van der Waals surface area (Å²) in [6.07, 6.45) is 4.40. The first kappa shape index (κ1) is 22.2. The molecule has 1 N–H and O–H groups in total. The molecule has 1 spiro atoms. The maximum absolute atomic E-state index is 13.5. The number of benzene rings is 1. The van der Waals surface area contributed by atoms with Crippen molar-refractivity contribution in [3.05, 3.63) is 35.9 Å². The Morgan fingerprint density at radius 3 is 2.64 bits per heavy atom. The molecule has 0 aromatic heterocycles. The summed E-state index contributed by atoms with van der Waals surface area (Å²) < 4.78 is 16.6. The fraction of sp³-hybridized carbons (Fsp3) is 0.600. The molecule has 1 saturated heterocycles. The molecule has 5 rings (SSSR count). The fourth-order valence-electron chi connectivity index (χ4n) is 7.68. The van der Waals surface area contributed by atoms with Crippen molar-refractivity contribution in [3.8, 4) is 5.75 Å². The second-order valence-electron chi connectivity index (χ2n) is 9.76. The third-order valence-electron chi connectivity index (χ3n) is 8.62. The molecule has 2 fully saturated rings. The zero-order chi connectivity index (χ0) is 23.8. The molecule has 3 heterocycles. The highest BCUT2D eigenvalue weighted by Gasteiger charge is 2.80. The number of rotatable bonds is 4. The molecule has 1 aliphatic carbocycles. The lowest BCUT2D eigenvalue weighted by Gasteiger charge is -2.63. The number of carbonyl (C=O) groups excluding carboxylic acids is 2. The van der Waals surface area contributed by atoms with Crippen molar-refractivity contribution in [2.24, 2.45) is 5.41 Å². The summed E-state index contributed by atoms with van der Waals surface area (Å²) in [4.78, 5) is 30.2. The van der Waals surface area contributed by atoms with Crippen molar-refractivity contribution in [1.82, 2.24) is 4.90 Å². The second kappa shape index (κ2) is 7.21. The average Bonchev–Trinajstić information content (AvgIpc) is 3.32. The predicted molar refractivity (Wildman–Crippen MR) is 121 cm³/mol. The van der Waals surface area contributed by atoms with E-state index in [0.717, 1.165) is 30.8 Å². The van der Waals surface area contributed by atoms with Crippen molar-refractivity contribution in [1.29, 1.82) is 0 Å². The number of esters is 2. The third-order valence-corrected chi connectivity index (χ3v) is 8.62. The van der Waals surface area contributed by atoms with Gasteiger partial charge < -0.3 is 24.2 Å². The smallest absolute Gasteiger partial charge is 0.344 e.